The Morgan fingerprint density at radius 1 is 1.37 bits per heavy atom. The van der Waals surface area contributed by atoms with Gasteiger partial charge in [-0.3, -0.25) is 0 Å². The first kappa shape index (κ1) is 17.6. The second kappa shape index (κ2) is 5.83. The van der Waals surface area contributed by atoms with Gasteiger partial charge in [-0.15, -0.1) is 0 Å². The van der Waals surface area contributed by atoms with E-state index in [-0.39, 0.29) is 34.7 Å². The zero-order chi connectivity index (χ0) is 19.5. The van der Waals surface area contributed by atoms with Crippen LogP contribution in [0.25, 0.3) is 0 Å². The maximum Gasteiger partial charge on any atom is 0.337 e. The monoisotopic (exact) mass is 383 g/mol. The van der Waals surface area contributed by atoms with Crippen LogP contribution < -0.4 is 5.32 Å². The summed E-state index contributed by atoms with van der Waals surface area (Å²) in [7, 11) is 0. The molecule has 2 heterocycles. The average Bonchev–Trinajstić information content (AvgIpc) is 3.07. The fourth-order valence-electron chi connectivity index (χ4n) is 3.75. The molecule has 142 valence electrons. The summed E-state index contributed by atoms with van der Waals surface area (Å²) >= 11 is 0. The van der Waals surface area contributed by atoms with Crippen LogP contribution >= 0.6 is 0 Å². The number of halogens is 4. The van der Waals surface area contributed by atoms with E-state index in [1.807, 2.05) is 0 Å². The summed E-state index contributed by atoms with van der Waals surface area (Å²) in [6, 6.07) is 3.53. The molecule has 2 unspecified atom stereocenters. The zero-order valence-electron chi connectivity index (χ0n) is 13.7. The third kappa shape index (κ3) is 2.60. The van der Waals surface area contributed by atoms with Gasteiger partial charge in [-0.1, -0.05) is 12.1 Å². The number of aliphatic carboxylic acids is 1. The molecule has 0 aromatic heterocycles. The fraction of sp³-hybridized carbons (Fsp3) is 0.333. The maximum absolute atomic E-state index is 14.5. The van der Waals surface area contributed by atoms with Crippen LogP contribution in [0.4, 0.5) is 17.6 Å². The standard InChI is InChI=1S/C18H13F4NO4/c19-5-10-14(16(24)25)13(15-11(23-10)6-27-17(15)26)7-2-1-3-9(20)12(7)8-4-18(8,21)22/h1-3,8,13,23H,4-6H2,(H,24,25). The number of carbonyl (C=O) groups is 2. The highest BCUT2D eigenvalue weighted by Crippen LogP contribution is 2.58. The Labute approximate surface area is 150 Å². The first-order valence-corrected chi connectivity index (χ1v) is 8.12. The Kier molecular flexibility index (Phi) is 3.79. The van der Waals surface area contributed by atoms with Crippen LogP contribution in [-0.2, 0) is 14.3 Å². The molecule has 0 spiro atoms. The molecule has 2 aliphatic heterocycles. The summed E-state index contributed by atoms with van der Waals surface area (Å²) in [6.45, 7) is -1.42. The number of esters is 1. The summed E-state index contributed by atoms with van der Waals surface area (Å²) in [5.41, 5.74) is -1.25. The average molecular weight is 383 g/mol. The van der Waals surface area contributed by atoms with E-state index in [4.69, 9.17) is 4.74 Å². The summed E-state index contributed by atoms with van der Waals surface area (Å²) in [6.07, 6.45) is -0.579. The van der Waals surface area contributed by atoms with Gasteiger partial charge in [-0.2, -0.15) is 0 Å². The predicted octanol–water partition coefficient (Wildman–Crippen LogP) is 2.75. The van der Waals surface area contributed by atoms with Gasteiger partial charge in [0.2, 0.25) is 0 Å². The number of ether oxygens (including phenoxy) is 1. The molecule has 0 saturated heterocycles. The molecule has 1 aliphatic carbocycles. The molecule has 0 radical (unpaired) electrons. The summed E-state index contributed by atoms with van der Waals surface area (Å²) in [5, 5.41) is 12.2. The van der Waals surface area contributed by atoms with Gasteiger partial charge in [0, 0.05) is 12.0 Å². The number of carbonyl (C=O) groups excluding carboxylic acids is 1. The lowest BCUT2D eigenvalue weighted by Crippen LogP contribution is -2.31. The zero-order valence-corrected chi connectivity index (χ0v) is 13.7. The van der Waals surface area contributed by atoms with Crippen molar-refractivity contribution in [2.75, 3.05) is 13.3 Å². The largest absolute Gasteiger partial charge is 0.478 e. The Hall–Kier alpha value is -2.84. The van der Waals surface area contributed by atoms with E-state index in [0.717, 1.165) is 6.07 Å². The Morgan fingerprint density at radius 2 is 2.07 bits per heavy atom. The highest BCUT2D eigenvalue weighted by molar-refractivity contribution is 6.00. The van der Waals surface area contributed by atoms with Crippen molar-refractivity contribution in [1.82, 2.24) is 5.32 Å². The Bertz CT molecular complexity index is 937. The third-order valence-electron chi connectivity index (χ3n) is 5.03. The highest BCUT2D eigenvalue weighted by atomic mass is 19.3. The minimum Gasteiger partial charge on any atom is -0.478 e. The number of carboxylic acids is 1. The second-order valence-electron chi connectivity index (χ2n) is 6.62. The first-order valence-electron chi connectivity index (χ1n) is 8.12. The molecule has 1 saturated carbocycles. The predicted molar refractivity (Wildman–Crippen MR) is 83.2 cm³/mol. The van der Waals surface area contributed by atoms with Crippen LogP contribution in [0.15, 0.2) is 40.7 Å². The van der Waals surface area contributed by atoms with Crippen LogP contribution in [0.3, 0.4) is 0 Å². The number of benzene rings is 1. The van der Waals surface area contributed by atoms with Crippen LogP contribution in [-0.4, -0.2) is 36.2 Å². The molecule has 9 heteroatoms. The van der Waals surface area contributed by atoms with Crippen LogP contribution in [0, 0.1) is 5.82 Å². The molecule has 2 atom stereocenters. The molecule has 2 N–H and O–H groups in total. The third-order valence-corrected chi connectivity index (χ3v) is 5.03. The smallest absolute Gasteiger partial charge is 0.337 e. The molecule has 4 rings (SSSR count). The molecular formula is C18H13F4NO4. The van der Waals surface area contributed by atoms with Crippen molar-refractivity contribution in [3.8, 4) is 0 Å². The summed E-state index contributed by atoms with van der Waals surface area (Å²) in [5.74, 6) is -9.25. The number of carboxylic acid groups (broad SMARTS) is 1. The number of dihydropyridines is 1. The van der Waals surface area contributed by atoms with Gasteiger partial charge in [-0.05, 0) is 11.6 Å². The molecule has 0 bridgehead atoms. The second-order valence-corrected chi connectivity index (χ2v) is 6.62. The van der Waals surface area contributed by atoms with Crippen molar-refractivity contribution in [1.29, 1.82) is 0 Å². The minimum atomic E-state index is -3.12. The van der Waals surface area contributed by atoms with Gasteiger partial charge in [0.25, 0.3) is 5.92 Å². The molecule has 27 heavy (non-hydrogen) atoms. The first-order chi connectivity index (χ1) is 12.8. The van der Waals surface area contributed by atoms with Crippen LogP contribution in [0.2, 0.25) is 0 Å². The molecular weight excluding hydrogens is 370 g/mol. The molecule has 0 amide bonds. The molecule has 1 aromatic carbocycles. The molecule has 3 aliphatic rings. The minimum absolute atomic E-state index is 0.0895. The van der Waals surface area contributed by atoms with Gasteiger partial charge in [-0.25, -0.2) is 27.2 Å². The van der Waals surface area contributed by atoms with E-state index in [2.05, 4.69) is 5.32 Å². The van der Waals surface area contributed by atoms with Gasteiger partial charge in [0.15, 0.2) is 0 Å². The molecule has 5 nitrogen and oxygen atoms in total. The van der Waals surface area contributed by atoms with Crippen molar-refractivity contribution >= 4 is 11.9 Å². The van der Waals surface area contributed by atoms with E-state index in [1.165, 1.54) is 12.1 Å². The topological polar surface area (TPSA) is 75.6 Å². The quantitative estimate of drug-likeness (QED) is 0.618. The van der Waals surface area contributed by atoms with Crippen molar-refractivity contribution in [3.63, 3.8) is 0 Å². The van der Waals surface area contributed by atoms with Crippen LogP contribution in [0.5, 0.6) is 0 Å². The molecule has 1 fully saturated rings. The lowest BCUT2D eigenvalue weighted by Gasteiger charge is -2.28. The maximum atomic E-state index is 14.5. The van der Waals surface area contributed by atoms with Crippen molar-refractivity contribution < 1.29 is 37.0 Å². The number of hydrogen-bond donors (Lipinski definition) is 2. The van der Waals surface area contributed by atoms with Crippen molar-refractivity contribution in [2.24, 2.45) is 0 Å². The van der Waals surface area contributed by atoms with E-state index < -0.39 is 54.2 Å². The van der Waals surface area contributed by atoms with Gasteiger partial charge >= 0.3 is 11.9 Å². The normalized spacial score (nSPS) is 25.9. The Morgan fingerprint density at radius 3 is 2.67 bits per heavy atom. The van der Waals surface area contributed by atoms with Gasteiger partial charge < -0.3 is 15.2 Å². The number of alkyl halides is 3. The number of cyclic esters (lactones) is 1. The number of rotatable bonds is 4. The van der Waals surface area contributed by atoms with Crippen molar-refractivity contribution in [2.45, 2.75) is 24.2 Å². The molecule has 1 aromatic rings. The van der Waals surface area contributed by atoms with Gasteiger partial charge in [0.1, 0.15) is 19.1 Å². The summed E-state index contributed by atoms with van der Waals surface area (Å²) < 4.78 is 60.2. The number of nitrogens with one attached hydrogen (secondary N) is 1. The lowest BCUT2D eigenvalue weighted by atomic mass is 9.78. The number of hydrogen-bond acceptors (Lipinski definition) is 4. The highest BCUT2D eigenvalue weighted by Gasteiger charge is 2.60. The Balaban J connectivity index is 1.96. The van der Waals surface area contributed by atoms with E-state index in [9.17, 15) is 32.3 Å². The summed E-state index contributed by atoms with van der Waals surface area (Å²) in [4.78, 5) is 24.0. The fourth-order valence-corrected chi connectivity index (χ4v) is 3.75. The van der Waals surface area contributed by atoms with E-state index in [0.29, 0.717) is 0 Å². The van der Waals surface area contributed by atoms with Gasteiger partial charge in [0.05, 0.1) is 34.4 Å². The van der Waals surface area contributed by atoms with Crippen LogP contribution in [0.1, 0.15) is 29.4 Å². The van der Waals surface area contributed by atoms with Crippen molar-refractivity contribution in [3.05, 3.63) is 57.7 Å². The SMILES string of the molecule is O=C(O)C1=C(CF)NC2=C(C(=O)OC2)C1c1cccc(F)c1C1CC1(F)F. The van der Waals surface area contributed by atoms with E-state index in [1.54, 1.807) is 0 Å². The van der Waals surface area contributed by atoms with E-state index >= 15 is 0 Å². The number of allylic oxidation sites excluding steroid dienone is 1. The lowest BCUT2D eigenvalue weighted by molar-refractivity contribution is -0.136.